The molecule has 2 aliphatic heterocycles. The summed E-state index contributed by atoms with van der Waals surface area (Å²) in [6, 6.07) is 12.7. The first-order valence-electron chi connectivity index (χ1n) is 11.0. The third-order valence-corrected chi connectivity index (χ3v) is 6.31. The van der Waals surface area contributed by atoms with Gasteiger partial charge in [-0.1, -0.05) is 36.9 Å². The molecule has 0 aliphatic carbocycles. The summed E-state index contributed by atoms with van der Waals surface area (Å²) in [4.78, 5) is 21.3. The van der Waals surface area contributed by atoms with Crippen molar-refractivity contribution in [3.05, 3.63) is 72.5 Å². The number of hydrogen-bond acceptors (Lipinski definition) is 6. The number of hydrogen-bond donors (Lipinski definition) is 0. The predicted octanol–water partition coefficient (Wildman–Crippen LogP) is 3.45. The molecule has 1 saturated heterocycles. The quantitative estimate of drug-likeness (QED) is 0.638. The second kappa shape index (κ2) is 8.24. The molecule has 2 aliphatic rings. The second-order valence-electron chi connectivity index (χ2n) is 8.60. The number of aliphatic imine (C=N–C) groups is 1. The standard InChI is InChI=1S/C25H29N7/c1-18-19(2)30(4)17-22(27-18)25-28-21-15-26-24(31-12-10-29(3)11-13-31)14-23(21)32(25)16-20-8-6-5-7-9-20/h5-9,14-15,17H,2,10-13,16H2,1,3-4H3. The lowest BCUT2D eigenvalue weighted by molar-refractivity contribution is 0.312. The van der Waals surface area contributed by atoms with Gasteiger partial charge in [0.25, 0.3) is 0 Å². The van der Waals surface area contributed by atoms with Gasteiger partial charge in [0.15, 0.2) is 5.82 Å². The minimum Gasteiger partial charge on any atom is -0.354 e. The number of anilines is 1. The minimum absolute atomic E-state index is 0.718. The number of piperazine rings is 1. The SMILES string of the molecule is C=C1C(C)=NC(c2nc3cnc(N4CCN(C)CC4)cc3n2Cc2ccccc2)=CN1C. The Bertz CT molecular complexity index is 1210. The Balaban J connectivity index is 1.62. The molecule has 1 fully saturated rings. The molecule has 0 amide bonds. The first-order chi connectivity index (χ1) is 15.5. The van der Waals surface area contributed by atoms with Gasteiger partial charge >= 0.3 is 0 Å². The van der Waals surface area contributed by atoms with Crippen LogP contribution in [0.15, 0.2) is 66.1 Å². The highest BCUT2D eigenvalue weighted by Gasteiger charge is 2.22. The van der Waals surface area contributed by atoms with Crippen LogP contribution in [0.3, 0.4) is 0 Å². The Hall–Kier alpha value is -3.45. The maximum Gasteiger partial charge on any atom is 0.161 e. The topological polar surface area (TPSA) is 52.8 Å². The van der Waals surface area contributed by atoms with Crippen LogP contribution in [0.4, 0.5) is 5.82 Å². The van der Waals surface area contributed by atoms with Gasteiger partial charge in [0.2, 0.25) is 0 Å². The molecule has 7 heteroatoms. The Labute approximate surface area is 189 Å². The van der Waals surface area contributed by atoms with Crippen molar-refractivity contribution in [2.75, 3.05) is 45.2 Å². The van der Waals surface area contributed by atoms with E-state index in [1.165, 1.54) is 5.56 Å². The molecule has 0 saturated carbocycles. The van der Waals surface area contributed by atoms with E-state index in [2.05, 4.69) is 58.3 Å². The van der Waals surface area contributed by atoms with E-state index in [9.17, 15) is 0 Å². The molecular formula is C25H29N7. The van der Waals surface area contributed by atoms with Crippen LogP contribution in [0.1, 0.15) is 18.3 Å². The summed E-state index contributed by atoms with van der Waals surface area (Å²) in [5, 5.41) is 0. The Morgan fingerprint density at radius 2 is 1.78 bits per heavy atom. The predicted molar refractivity (Wildman–Crippen MR) is 131 cm³/mol. The molecule has 0 atom stereocenters. The van der Waals surface area contributed by atoms with Crippen molar-refractivity contribution in [1.29, 1.82) is 0 Å². The second-order valence-corrected chi connectivity index (χ2v) is 8.60. The highest BCUT2D eigenvalue weighted by Crippen LogP contribution is 2.29. The van der Waals surface area contributed by atoms with Crippen LogP contribution in [-0.4, -0.2) is 70.3 Å². The number of allylic oxidation sites excluding steroid dienone is 1. The van der Waals surface area contributed by atoms with Crippen molar-refractivity contribution in [2.24, 2.45) is 4.99 Å². The summed E-state index contributed by atoms with van der Waals surface area (Å²) in [6.45, 7) is 10.9. The van der Waals surface area contributed by atoms with E-state index in [1.807, 2.05) is 37.3 Å². The summed E-state index contributed by atoms with van der Waals surface area (Å²) in [7, 11) is 4.17. The molecule has 32 heavy (non-hydrogen) atoms. The molecule has 2 aromatic heterocycles. The normalized spacial score (nSPS) is 17.7. The molecule has 3 aromatic rings. The van der Waals surface area contributed by atoms with E-state index in [0.29, 0.717) is 0 Å². The van der Waals surface area contributed by atoms with E-state index in [4.69, 9.17) is 15.0 Å². The number of aromatic nitrogens is 3. The first-order valence-corrected chi connectivity index (χ1v) is 11.0. The van der Waals surface area contributed by atoms with Crippen molar-refractivity contribution in [3.8, 4) is 0 Å². The zero-order valence-electron chi connectivity index (χ0n) is 19.0. The summed E-state index contributed by atoms with van der Waals surface area (Å²) in [6.07, 6.45) is 3.91. The fourth-order valence-electron chi connectivity index (χ4n) is 4.25. The number of imidazole rings is 1. The van der Waals surface area contributed by atoms with Crippen LogP contribution < -0.4 is 4.90 Å². The third-order valence-electron chi connectivity index (χ3n) is 6.31. The minimum atomic E-state index is 0.718. The van der Waals surface area contributed by atoms with Gasteiger partial charge in [-0.25, -0.2) is 15.0 Å². The monoisotopic (exact) mass is 427 g/mol. The number of benzene rings is 1. The fourth-order valence-corrected chi connectivity index (χ4v) is 4.25. The Morgan fingerprint density at radius 3 is 2.50 bits per heavy atom. The van der Waals surface area contributed by atoms with Gasteiger partial charge in [0, 0.05) is 52.0 Å². The average Bonchev–Trinajstić information content (AvgIpc) is 3.16. The molecule has 0 N–H and O–H groups in total. The van der Waals surface area contributed by atoms with E-state index in [-0.39, 0.29) is 0 Å². The van der Waals surface area contributed by atoms with Crippen LogP contribution >= 0.6 is 0 Å². The molecule has 1 aromatic carbocycles. The van der Waals surface area contributed by atoms with Gasteiger partial charge in [0.1, 0.15) is 17.0 Å². The molecule has 5 rings (SSSR count). The summed E-state index contributed by atoms with van der Waals surface area (Å²) < 4.78 is 2.26. The molecule has 164 valence electrons. The van der Waals surface area contributed by atoms with Crippen LogP contribution in [0.2, 0.25) is 0 Å². The van der Waals surface area contributed by atoms with Crippen molar-refractivity contribution in [2.45, 2.75) is 13.5 Å². The van der Waals surface area contributed by atoms with Gasteiger partial charge in [0.05, 0.1) is 23.1 Å². The van der Waals surface area contributed by atoms with Crippen LogP contribution in [0, 0.1) is 0 Å². The van der Waals surface area contributed by atoms with Crippen LogP contribution in [0.5, 0.6) is 0 Å². The summed E-state index contributed by atoms with van der Waals surface area (Å²) >= 11 is 0. The number of rotatable bonds is 4. The van der Waals surface area contributed by atoms with Gasteiger partial charge < -0.3 is 19.3 Å². The van der Waals surface area contributed by atoms with E-state index < -0.39 is 0 Å². The third kappa shape index (κ3) is 3.80. The highest BCUT2D eigenvalue weighted by molar-refractivity contribution is 6.02. The first kappa shape index (κ1) is 20.5. The number of nitrogens with zero attached hydrogens (tertiary/aromatic N) is 7. The number of fused-ring (bicyclic) bond motifs is 1. The average molecular weight is 428 g/mol. The lowest BCUT2D eigenvalue weighted by Gasteiger charge is -2.33. The van der Waals surface area contributed by atoms with Crippen LogP contribution in [-0.2, 0) is 6.54 Å². The Morgan fingerprint density at radius 1 is 1.03 bits per heavy atom. The smallest absolute Gasteiger partial charge is 0.161 e. The van der Waals surface area contributed by atoms with Crippen molar-refractivity contribution >= 4 is 28.3 Å². The van der Waals surface area contributed by atoms with Gasteiger partial charge in [-0.3, -0.25) is 0 Å². The van der Waals surface area contributed by atoms with E-state index in [0.717, 1.165) is 72.5 Å². The largest absolute Gasteiger partial charge is 0.354 e. The fraction of sp³-hybridized carbons (Fsp3) is 0.320. The zero-order chi connectivity index (χ0) is 22.2. The number of likely N-dealkylation sites (N-methyl/N-ethyl adjacent to an activating group) is 1. The molecule has 7 nitrogen and oxygen atoms in total. The van der Waals surface area contributed by atoms with Crippen LogP contribution in [0.25, 0.3) is 16.7 Å². The summed E-state index contributed by atoms with van der Waals surface area (Å²) in [5.74, 6) is 1.86. The lowest BCUT2D eigenvalue weighted by atomic mass is 10.2. The van der Waals surface area contributed by atoms with Gasteiger partial charge in [-0.05, 0) is 19.5 Å². The van der Waals surface area contributed by atoms with Crippen molar-refractivity contribution < 1.29 is 0 Å². The molecular weight excluding hydrogens is 398 g/mol. The van der Waals surface area contributed by atoms with E-state index in [1.54, 1.807) is 0 Å². The molecule has 0 bridgehead atoms. The molecule has 0 spiro atoms. The molecule has 0 radical (unpaired) electrons. The zero-order valence-corrected chi connectivity index (χ0v) is 19.0. The van der Waals surface area contributed by atoms with Gasteiger partial charge in [-0.2, -0.15) is 0 Å². The lowest BCUT2D eigenvalue weighted by Crippen LogP contribution is -2.44. The maximum absolute atomic E-state index is 4.97. The molecule has 4 heterocycles. The maximum atomic E-state index is 4.97. The van der Waals surface area contributed by atoms with E-state index >= 15 is 0 Å². The Kier molecular flexibility index (Phi) is 5.27. The van der Waals surface area contributed by atoms with Crippen molar-refractivity contribution in [3.63, 3.8) is 0 Å². The van der Waals surface area contributed by atoms with Gasteiger partial charge in [-0.15, -0.1) is 0 Å². The van der Waals surface area contributed by atoms with Crippen molar-refractivity contribution in [1.82, 2.24) is 24.3 Å². The summed E-state index contributed by atoms with van der Waals surface area (Å²) in [5.41, 5.74) is 5.83. The highest BCUT2D eigenvalue weighted by atomic mass is 15.3. The molecule has 0 unspecified atom stereocenters. The number of pyridine rings is 1.